The van der Waals surface area contributed by atoms with Gasteiger partial charge in [0.2, 0.25) is 0 Å². The van der Waals surface area contributed by atoms with Crippen molar-refractivity contribution in [2.45, 2.75) is 38.3 Å². The van der Waals surface area contributed by atoms with Crippen LogP contribution in [-0.2, 0) is 11.2 Å². The summed E-state index contributed by atoms with van der Waals surface area (Å²) in [6, 6.07) is 5.89. The van der Waals surface area contributed by atoms with Gasteiger partial charge < -0.3 is 19.7 Å². The van der Waals surface area contributed by atoms with Crippen LogP contribution in [0.3, 0.4) is 0 Å². The molecule has 2 atom stereocenters. The zero-order chi connectivity index (χ0) is 16.2. The van der Waals surface area contributed by atoms with Crippen molar-refractivity contribution < 1.29 is 14.3 Å². The average Bonchev–Trinajstić information content (AvgIpc) is 2.61. The fourth-order valence-electron chi connectivity index (χ4n) is 3.49. The topological polar surface area (TPSA) is 50.8 Å². The van der Waals surface area contributed by atoms with E-state index < -0.39 is 0 Å². The Morgan fingerprint density at radius 1 is 1.48 bits per heavy atom. The van der Waals surface area contributed by atoms with Gasteiger partial charge in [0, 0.05) is 20.2 Å². The number of piperidine rings is 1. The molecule has 3 rings (SSSR count). The maximum Gasteiger partial charge on any atom is 0.255 e. The number of fused-ring (bicyclic) bond motifs is 1. The van der Waals surface area contributed by atoms with Crippen molar-refractivity contribution in [2.24, 2.45) is 0 Å². The van der Waals surface area contributed by atoms with Crippen LogP contribution >= 0.6 is 0 Å². The maximum atomic E-state index is 12.7. The zero-order valence-electron chi connectivity index (χ0n) is 14.0. The van der Waals surface area contributed by atoms with E-state index in [1.807, 2.05) is 18.2 Å². The predicted molar refractivity (Wildman–Crippen MR) is 89.0 cm³/mol. The van der Waals surface area contributed by atoms with Crippen LogP contribution in [0.2, 0.25) is 0 Å². The molecule has 126 valence electrons. The third-order valence-corrected chi connectivity index (χ3v) is 4.89. The van der Waals surface area contributed by atoms with E-state index >= 15 is 0 Å². The number of hydrogen-bond acceptors (Lipinski definition) is 4. The van der Waals surface area contributed by atoms with Crippen molar-refractivity contribution >= 4 is 5.91 Å². The Hall–Kier alpha value is -1.59. The van der Waals surface area contributed by atoms with Gasteiger partial charge in [-0.3, -0.25) is 4.79 Å². The van der Waals surface area contributed by atoms with Gasteiger partial charge in [-0.25, -0.2) is 0 Å². The highest BCUT2D eigenvalue weighted by molar-refractivity contribution is 5.97. The molecule has 1 aromatic rings. The second-order valence-corrected chi connectivity index (χ2v) is 6.28. The van der Waals surface area contributed by atoms with Gasteiger partial charge in [0.1, 0.15) is 5.75 Å². The highest BCUT2D eigenvalue weighted by Crippen LogP contribution is 2.29. The number of hydrogen-bond donors (Lipinski definition) is 1. The molecule has 2 aliphatic heterocycles. The number of rotatable bonds is 4. The van der Waals surface area contributed by atoms with Crippen LogP contribution in [0.5, 0.6) is 5.75 Å². The lowest BCUT2D eigenvalue weighted by molar-refractivity contribution is 0.00800. The maximum absolute atomic E-state index is 12.7. The molecule has 23 heavy (non-hydrogen) atoms. The first-order valence-corrected chi connectivity index (χ1v) is 8.53. The SMILES string of the molecule is CCN1CCC(NC(=O)c2cccc3c2OCCC3)C(OC)C1. The lowest BCUT2D eigenvalue weighted by Crippen LogP contribution is -2.54. The molecule has 1 amide bonds. The first-order chi connectivity index (χ1) is 11.2. The second-order valence-electron chi connectivity index (χ2n) is 6.28. The lowest BCUT2D eigenvalue weighted by Gasteiger charge is -2.37. The number of para-hydroxylation sites is 1. The summed E-state index contributed by atoms with van der Waals surface area (Å²) in [6.45, 7) is 5.71. The highest BCUT2D eigenvalue weighted by atomic mass is 16.5. The van der Waals surface area contributed by atoms with Crippen molar-refractivity contribution in [3.05, 3.63) is 29.3 Å². The lowest BCUT2D eigenvalue weighted by atomic mass is 9.99. The van der Waals surface area contributed by atoms with E-state index in [1.54, 1.807) is 7.11 Å². The van der Waals surface area contributed by atoms with E-state index in [1.165, 1.54) is 0 Å². The third kappa shape index (κ3) is 3.51. The number of methoxy groups -OCH3 is 1. The van der Waals surface area contributed by atoms with Crippen LogP contribution in [0.1, 0.15) is 35.7 Å². The van der Waals surface area contributed by atoms with Crippen molar-refractivity contribution in [3.8, 4) is 5.75 Å². The Bertz CT molecular complexity index is 561. The molecule has 0 radical (unpaired) electrons. The Morgan fingerprint density at radius 3 is 3.13 bits per heavy atom. The number of nitrogens with one attached hydrogen (secondary N) is 1. The normalized spacial score (nSPS) is 24.6. The number of benzene rings is 1. The molecule has 1 aromatic carbocycles. The van der Waals surface area contributed by atoms with Crippen LogP contribution in [-0.4, -0.2) is 56.3 Å². The van der Waals surface area contributed by atoms with Crippen LogP contribution < -0.4 is 10.1 Å². The summed E-state index contributed by atoms with van der Waals surface area (Å²) in [4.78, 5) is 15.1. The highest BCUT2D eigenvalue weighted by Gasteiger charge is 2.31. The van der Waals surface area contributed by atoms with Gasteiger partial charge in [-0.05, 0) is 37.4 Å². The summed E-state index contributed by atoms with van der Waals surface area (Å²) < 4.78 is 11.3. The number of nitrogens with zero attached hydrogens (tertiary/aromatic N) is 1. The minimum atomic E-state index is -0.0549. The van der Waals surface area contributed by atoms with Crippen LogP contribution in [0.4, 0.5) is 0 Å². The van der Waals surface area contributed by atoms with Gasteiger partial charge in [-0.15, -0.1) is 0 Å². The molecule has 0 saturated carbocycles. The second kappa shape index (κ2) is 7.32. The van der Waals surface area contributed by atoms with E-state index in [0.29, 0.717) is 12.2 Å². The van der Waals surface area contributed by atoms with E-state index in [4.69, 9.17) is 9.47 Å². The molecule has 2 unspecified atom stereocenters. The fraction of sp³-hybridized carbons (Fsp3) is 0.611. The van der Waals surface area contributed by atoms with E-state index in [2.05, 4.69) is 17.1 Å². The molecule has 0 aromatic heterocycles. The predicted octanol–water partition coefficient (Wildman–Crippen LogP) is 1.85. The summed E-state index contributed by atoms with van der Waals surface area (Å²) in [5.74, 6) is 0.706. The molecule has 5 heteroatoms. The minimum Gasteiger partial charge on any atom is -0.492 e. The summed E-state index contributed by atoms with van der Waals surface area (Å²) in [5.41, 5.74) is 1.78. The van der Waals surface area contributed by atoms with Gasteiger partial charge in [0.05, 0.1) is 24.3 Å². The van der Waals surface area contributed by atoms with Gasteiger partial charge in [0.25, 0.3) is 5.91 Å². The summed E-state index contributed by atoms with van der Waals surface area (Å²) in [6.07, 6.45) is 2.94. The zero-order valence-corrected chi connectivity index (χ0v) is 14.0. The molecule has 5 nitrogen and oxygen atoms in total. The largest absolute Gasteiger partial charge is 0.492 e. The Morgan fingerprint density at radius 2 is 2.35 bits per heavy atom. The third-order valence-electron chi connectivity index (χ3n) is 4.89. The number of ether oxygens (including phenoxy) is 2. The van der Waals surface area contributed by atoms with Crippen molar-refractivity contribution in [1.29, 1.82) is 0 Å². The van der Waals surface area contributed by atoms with E-state index in [0.717, 1.165) is 50.2 Å². The van der Waals surface area contributed by atoms with Crippen LogP contribution in [0, 0.1) is 0 Å². The molecular formula is C18H26N2O3. The first kappa shape index (κ1) is 16.3. The standard InChI is InChI=1S/C18H26N2O3/c1-3-20-10-9-15(16(12-20)22-2)19-18(21)14-8-4-6-13-7-5-11-23-17(13)14/h4,6,8,15-16H,3,5,7,9-12H2,1-2H3,(H,19,21). The van der Waals surface area contributed by atoms with E-state index in [-0.39, 0.29) is 18.1 Å². The van der Waals surface area contributed by atoms with Crippen LogP contribution in [0.15, 0.2) is 18.2 Å². The van der Waals surface area contributed by atoms with Gasteiger partial charge in [0.15, 0.2) is 0 Å². The molecule has 1 saturated heterocycles. The molecule has 1 N–H and O–H groups in total. The summed E-state index contributed by atoms with van der Waals surface area (Å²) in [7, 11) is 1.72. The summed E-state index contributed by atoms with van der Waals surface area (Å²) in [5, 5.41) is 3.16. The monoisotopic (exact) mass is 318 g/mol. The first-order valence-electron chi connectivity index (χ1n) is 8.53. The molecular weight excluding hydrogens is 292 g/mol. The molecule has 2 aliphatic rings. The van der Waals surface area contributed by atoms with Gasteiger partial charge in [-0.2, -0.15) is 0 Å². The van der Waals surface area contributed by atoms with Crippen molar-refractivity contribution in [2.75, 3.05) is 33.4 Å². The van der Waals surface area contributed by atoms with Crippen LogP contribution in [0.25, 0.3) is 0 Å². The Balaban J connectivity index is 1.72. The quantitative estimate of drug-likeness (QED) is 0.920. The minimum absolute atomic E-state index is 0.0353. The Labute approximate surface area is 137 Å². The van der Waals surface area contributed by atoms with Gasteiger partial charge in [-0.1, -0.05) is 19.1 Å². The van der Waals surface area contributed by atoms with Crippen molar-refractivity contribution in [1.82, 2.24) is 10.2 Å². The molecule has 2 heterocycles. The van der Waals surface area contributed by atoms with Crippen molar-refractivity contribution in [3.63, 3.8) is 0 Å². The number of carbonyl (C=O) groups excluding carboxylic acids is 1. The fourth-order valence-corrected chi connectivity index (χ4v) is 3.49. The van der Waals surface area contributed by atoms with Gasteiger partial charge >= 0.3 is 0 Å². The molecule has 0 bridgehead atoms. The number of likely N-dealkylation sites (N-methyl/N-ethyl adjacent to an activating group) is 1. The number of aryl methyl sites for hydroxylation is 1. The van der Waals surface area contributed by atoms with E-state index in [9.17, 15) is 4.79 Å². The molecule has 0 aliphatic carbocycles. The number of amides is 1. The average molecular weight is 318 g/mol. The summed E-state index contributed by atoms with van der Waals surface area (Å²) >= 11 is 0. The number of carbonyl (C=O) groups is 1. The number of likely N-dealkylation sites (tertiary alicyclic amines) is 1. The molecule has 1 fully saturated rings. The molecule has 0 spiro atoms. The smallest absolute Gasteiger partial charge is 0.255 e. The Kier molecular flexibility index (Phi) is 5.18.